The van der Waals surface area contributed by atoms with Crippen LogP contribution < -0.4 is 11.1 Å². The quantitative estimate of drug-likeness (QED) is 0.703. The number of amides is 1. The largest absolute Gasteiger partial charge is 0.481 e. The average molecular weight is 250 g/mol. The summed E-state index contributed by atoms with van der Waals surface area (Å²) in [6.07, 6.45) is 0.354. The van der Waals surface area contributed by atoms with Crippen LogP contribution in [0, 0.1) is 0 Å². The van der Waals surface area contributed by atoms with Crippen molar-refractivity contribution in [2.75, 3.05) is 0 Å². The van der Waals surface area contributed by atoms with E-state index >= 15 is 0 Å². The summed E-state index contributed by atoms with van der Waals surface area (Å²) in [6.45, 7) is 1.80. The maximum Gasteiger partial charge on any atom is 0.305 e. The van der Waals surface area contributed by atoms with Gasteiger partial charge in [-0.05, 0) is 12.0 Å². The van der Waals surface area contributed by atoms with Gasteiger partial charge in [-0.1, -0.05) is 37.3 Å². The second-order valence-corrected chi connectivity index (χ2v) is 4.08. The summed E-state index contributed by atoms with van der Waals surface area (Å²) in [5, 5.41) is 11.5. The normalized spacial score (nSPS) is 13.7. The summed E-state index contributed by atoms with van der Waals surface area (Å²) in [5.41, 5.74) is 6.37. The fourth-order valence-corrected chi connectivity index (χ4v) is 1.58. The van der Waals surface area contributed by atoms with E-state index in [2.05, 4.69) is 5.32 Å². The number of carbonyl (C=O) groups excluding carboxylic acids is 1. The fraction of sp³-hybridized carbons (Fsp3) is 0.385. The van der Waals surface area contributed by atoms with E-state index < -0.39 is 18.1 Å². The molecule has 0 radical (unpaired) electrons. The van der Waals surface area contributed by atoms with E-state index in [1.54, 1.807) is 31.2 Å². The van der Waals surface area contributed by atoms with Crippen LogP contribution in [0.25, 0.3) is 0 Å². The predicted octanol–water partition coefficient (Wildman–Crippen LogP) is 1.06. The van der Waals surface area contributed by atoms with E-state index in [0.717, 1.165) is 5.56 Å². The Hall–Kier alpha value is -1.88. The molecule has 0 saturated carbocycles. The average Bonchev–Trinajstić information content (AvgIpc) is 2.37. The van der Waals surface area contributed by atoms with Crippen molar-refractivity contribution in [3.8, 4) is 0 Å². The number of carboxylic acids is 1. The molecule has 4 N–H and O–H groups in total. The zero-order valence-electron chi connectivity index (χ0n) is 10.3. The minimum Gasteiger partial charge on any atom is -0.481 e. The highest BCUT2D eigenvalue weighted by Crippen LogP contribution is 2.16. The first kappa shape index (κ1) is 14.2. The standard InChI is InChI=1S/C13H18N2O3/c1-2-10(14)13(18)15-11(8-12(16)17)9-6-4-3-5-7-9/h3-7,10-11H,2,8,14H2,1H3,(H,15,18)(H,16,17). The lowest BCUT2D eigenvalue weighted by Crippen LogP contribution is -2.42. The molecule has 1 aromatic carbocycles. The molecular formula is C13H18N2O3. The van der Waals surface area contributed by atoms with Crippen LogP contribution in [0.2, 0.25) is 0 Å². The molecule has 0 bridgehead atoms. The summed E-state index contributed by atoms with van der Waals surface area (Å²) in [4.78, 5) is 22.5. The number of aliphatic carboxylic acids is 1. The molecule has 1 amide bonds. The first-order valence-corrected chi connectivity index (χ1v) is 5.87. The summed E-state index contributed by atoms with van der Waals surface area (Å²) >= 11 is 0. The number of hydrogen-bond acceptors (Lipinski definition) is 3. The van der Waals surface area contributed by atoms with Gasteiger partial charge in [0.15, 0.2) is 0 Å². The third-order valence-electron chi connectivity index (χ3n) is 2.67. The fourth-order valence-electron chi connectivity index (χ4n) is 1.58. The van der Waals surface area contributed by atoms with E-state index in [0.29, 0.717) is 6.42 Å². The van der Waals surface area contributed by atoms with Crippen LogP contribution in [0.3, 0.4) is 0 Å². The number of hydrogen-bond donors (Lipinski definition) is 3. The van der Waals surface area contributed by atoms with Crippen LogP contribution in [0.5, 0.6) is 0 Å². The maximum atomic E-state index is 11.7. The molecule has 2 atom stereocenters. The van der Waals surface area contributed by atoms with Gasteiger partial charge in [0.1, 0.15) is 0 Å². The second-order valence-electron chi connectivity index (χ2n) is 4.08. The van der Waals surface area contributed by atoms with Crippen molar-refractivity contribution >= 4 is 11.9 Å². The van der Waals surface area contributed by atoms with Gasteiger partial charge in [-0.15, -0.1) is 0 Å². The first-order chi connectivity index (χ1) is 8.54. The van der Waals surface area contributed by atoms with Crippen LogP contribution in [0.1, 0.15) is 31.4 Å². The monoisotopic (exact) mass is 250 g/mol. The van der Waals surface area contributed by atoms with E-state index in [1.807, 2.05) is 6.07 Å². The zero-order chi connectivity index (χ0) is 13.5. The van der Waals surface area contributed by atoms with Gasteiger partial charge in [-0.2, -0.15) is 0 Å². The molecule has 0 aromatic heterocycles. The van der Waals surface area contributed by atoms with Gasteiger partial charge >= 0.3 is 5.97 Å². The van der Waals surface area contributed by atoms with E-state index in [9.17, 15) is 9.59 Å². The molecule has 2 unspecified atom stereocenters. The van der Waals surface area contributed by atoms with E-state index in [1.165, 1.54) is 0 Å². The Balaban J connectivity index is 2.80. The summed E-state index contributed by atoms with van der Waals surface area (Å²) < 4.78 is 0. The third-order valence-corrected chi connectivity index (χ3v) is 2.67. The Morgan fingerprint density at radius 3 is 2.44 bits per heavy atom. The molecule has 1 aromatic rings. The predicted molar refractivity (Wildman–Crippen MR) is 67.8 cm³/mol. The Labute approximate surface area is 106 Å². The highest BCUT2D eigenvalue weighted by molar-refractivity contribution is 5.82. The van der Waals surface area contributed by atoms with E-state index in [4.69, 9.17) is 10.8 Å². The molecule has 0 aliphatic rings. The maximum absolute atomic E-state index is 11.7. The SMILES string of the molecule is CCC(N)C(=O)NC(CC(=O)O)c1ccccc1. The smallest absolute Gasteiger partial charge is 0.305 e. The number of carboxylic acid groups (broad SMARTS) is 1. The lowest BCUT2D eigenvalue weighted by molar-refractivity contribution is -0.137. The summed E-state index contributed by atoms with van der Waals surface area (Å²) in [5.74, 6) is -1.29. The highest BCUT2D eigenvalue weighted by Gasteiger charge is 2.20. The summed E-state index contributed by atoms with van der Waals surface area (Å²) in [6, 6.07) is 7.85. The summed E-state index contributed by atoms with van der Waals surface area (Å²) in [7, 11) is 0. The van der Waals surface area contributed by atoms with Gasteiger partial charge in [0.05, 0.1) is 18.5 Å². The minimum absolute atomic E-state index is 0.161. The molecular weight excluding hydrogens is 232 g/mol. The van der Waals surface area contributed by atoms with Gasteiger partial charge < -0.3 is 16.2 Å². The minimum atomic E-state index is -0.964. The molecule has 5 heteroatoms. The molecule has 0 spiro atoms. The van der Waals surface area contributed by atoms with Gasteiger partial charge in [-0.25, -0.2) is 0 Å². The Morgan fingerprint density at radius 2 is 1.94 bits per heavy atom. The molecule has 0 heterocycles. The van der Waals surface area contributed by atoms with Crippen molar-refractivity contribution in [2.24, 2.45) is 5.73 Å². The van der Waals surface area contributed by atoms with Crippen LogP contribution in [-0.2, 0) is 9.59 Å². The lowest BCUT2D eigenvalue weighted by atomic mass is 10.0. The van der Waals surface area contributed by atoms with Crippen LogP contribution in [0.4, 0.5) is 0 Å². The van der Waals surface area contributed by atoms with Crippen molar-refractivity contribution < 1.29 is 14.7 Å². The molecule has 0 aliphatic heterocycles. The molecule has 0 fully saturated rings. The molecule has 1 rings (SSSR count). The van der Waals surface area contributed by atoms with Crippen molar-refractivity contribution in [3.05, 3.63) is 35.9 Å². The van der Waals surface area contributed by atoms with Crippen molar-refractivity contribution in [3.63, 3.8) is 0 Å². The van der Waals surface area contributed by atoms with Crippen LogP contribution in [0.15, 0.2) is 30.3 Å². The Morgan fingerprint density at radius 1 is 1.33 bits per heavy atom. The highest BCUT2D eigenvalue weighted by atomic mass is 16.4. The van der Waals surface area contributed by atoms with Crippen molar-refractivity contribution in [1.82, 2.24) is 5.32 Å². The van der Waals surface area contributed by atoms with E-state index in [-0.39, 0.29) is 12.3 Å². The lowest BCUT2D eigenvalue weighted by Gasteiger charge is -2.19. The number of carbonyl (C=O) groups is 2. The molecule has 5 nitrogen and oxygen atoms in total. The van der Waals surface area contributed by atoms with Crippen LogP contribution >= 0.6 is 0 Å². The third kappa shape index (κ3) is 4.18. The molecule has 98 valence electrons. The Bertz CT molecular complexity index is 406. The van der Waals surface area contributed by atoms with Crippen molar-refractivity contribution in [2.45, 2.75) is 31.8 Å². The number of nitrogens with one attached hydrogen (secondary N) is 1. The number of nitrogens with two attached hydrogens (primary N) is 1. The number of rotatable bonds is 6. The molecule has 0 aliphatic carbocycles. The molecule has 18 heavy (non-hydrogen) atoms. The van der Waals surface area contributed by atoms with Gasteiger partial charge in [0.25, 0.3) is 0 Å². The van der Waals surface area contributed by atoms with Gasteiger partial charge in [-0.3, -0.25) is 9.59 Å². The number of benzene rings is 1. The van der Waals surface area contributed by atoms with Gasteiger partial charge in [0, 0.05) is 0 Å². The van der Waals surface area contributed by atoms with Crippen molar-refractivity contribution in [1.29, 1.82) is 0 Å². The second kappa shape index (κ2) is 6.76. The molecule has 0 saturated heterocycles. The Kier molecular flexibility index (Phi) is 5.32. The first-order valence-electron chi connectivity index (χ1n) is 5.87. The van der Waals surface area contributed by atoms with Gasteiger partial charge in [0.2, 0.25) is 5.91 Å². The zero-order valence-corrected chi connectivity index (χ0v) is 10.3. The van der Waals surface area contributed by atoms with Crippen LogP contribution in [-0.4, -0.2) is 23.0 Å². The topological polar surface area (TPSA) is 92.4 Å².